The van der Waals surface area contributed by atoms with Crippen molar-refractivity contribution in [3.63, 3.8) is 0 Å². The maximum absolute atomic E-state index is 10.1. The second-order valence-electron chi connectivity index (χ2n) is 6.65. The van der Waals surface area contributed by atoms with Crippen LogP contribution in [0.1, 0.15) is 22.7 Å². The van der Waals surface area contributed by atoms with Gasteiger partial charge in [-0.25, -0.2) is 0 Å². The van der Waals surface area contributed by atoms with Crippen LogP contribution in [0.2, 0.25) is 0 Å². The SMILES string of the molecule is COc1ccc(CC(NC(c2ccccc2)c2ccccc2)P(O)O)cc1OC. The average molecular weight is 411 g/mol. The van der Waals surface area contributed by atoms with Crippen LogP contribution in [0.5, 0.6) is 11.5 Å². The zero-order valence-electron chi connectivity index (χ0n) is 16.5. The lowest BCUT2D eigenvalue weighted by atomic mass is 9.98. The molecule has 3 N–H and O–H groups in total. The van der Waals surface area contributed by atoms with E-state index in [-0.39, 0.29) is 6.04 Å². The standard InChI is InChI=1S/C23H26NO4P/c1-27-20-14-13-17(15-21(20)28-2)16-22(29(25)26)24-23(18-9-5-3-6-10-18)19-11-7-4-8-12-19/h3-15,22-26H,16H2,1-2H3. The van der Waals surface area contributed by atoms with E-state index in [4.69, 9.17) is 9.47 Å². The molecule has 0 fully saturated rings. The second-order valence-corrected chi connectivity index (χ2v) is 7.91. The largest absolute Gasteiger partial charge is 0.493 e. The van der Waals surface area contributed by atoms with Crippen molar-refractivity contribution < 1.29 is 19.3 Å². The first-order chi connectivity index (χ1) is 14.1. The molecule has 0 radical (unpaired) electrons. The van der Waals surface area contributed by atoms with E-state index in [0.29, 0.717) is 17.9 Å². The Morgan fingerprint density at radius 1 is 0.793 bits per heavy atom. The summed E-state index contributed by atoms with van der Waals surface area (Å²) in [4.78, 5) is 20.3. The van der Waals surface area contributed by atoms with Crippen LogP contribution in [0.3, 0.4) is 0 Å². The Kier molecular flexibility index (Phi) is 7.62. The summed E-state index contributed by atoms with van der Waals surface area (Å²) in [6.45, 7) is 0. The Balaban J connectivity index is 1.87. The maximum atomic E-state index is 10.1. The molecule has 1 unspecified atom stereocenters. The number of benzene rings is 3. The molecule has 0 aromatic heterocycles. The molecule has 0 saturated heterocycles. The molecule has 152 valence electrons. The van der Waals surface area contributed by atoms with Crippen molar-refractivity contribution in [3.8, 4) is 11.5 Å². The fourth-order valence-corrected chi connectivity index (χ4v) is 3.96. The molecule has 3 aromatic rings. The molecule has 0 aliphatic carbocycles. The average Bonchev–Trinajstić information content (AvgIpc) is 2.77. The fourth-order valence-electron chi connectivity index (χ4n) is 3.31. The molecule has 0 saturated carbocycles. The molecule has 1 atom stereocenters. The third-order valence-corrected chi connectivity index (χ3v) is 5.67. The van der Waals surface area contributed by atoms with Crippen LogP contribution in [-0.4, -0.2) is 29.8 Å². The topological polar surface area (TPSA) is 71.0 Å². The third-order valence-electron chi connectivity index (χ3n) is 4.78. The summed E-state index contributed by atoms with van der Waals surface area (Å²) in [5, 5.41) is 3.46. The monoisotopic (exact) mass is 411 g/mol. The van der Waals surface area contributed by atoms with Gasteiger partial charge in [-0.2, -0.15) is 0 Å². The number of rotatable bonds is 9. The van der Waals surface area contributed by atoms with E-state index in [1.54, 1.807) is 14.2 Å². The highest BCUT2D eigenvalue weighted by molar-refractivity contribution is 7.45. The number of methoxy groups -OCH3 is 2. The summed E-state index contributed by atoms with van der Waals surface area (Å²) in [7, 11) is 0.967. The Labute approximate surface area is 172 Å². The summed E-state index contributed by atoms with van der Waals surface area (Å²) < 4.78 is 10.7. The Hall–Kier alpha value is -2.43. The van der Waals surface area contributed by atoms with Crippen molar-refractivity contribution in [1.82, 2.24) is 5.32 Å². The molecule has 0 aliphatic heterocycles. The van der Waals surface area contributed by atoms with Crippen LogP contribution in [0, 0.1) is 0 Å². The number of hydrogen-bond donors (Lipinski definition) is 3. The van der Waals surface area contributed by atoms with E-state index < -0.39 is 14.2 Å². The Morgan fingerprint density at radius 2 is 1.34 bits per heavy atom. The summed E-state index contributed by atoms with van der Waals surface area (Å²) in [5.74, 6) is 0.739. The van der Waals surface area contributed by atoms with Crippen LogP contribution in [0.4, 0.5) is 0 Å². The minimum absolute atomic E-state index is 0.160. The van der Waals surface area contributed by atoms with Crippen LogP contribution in [-0.2, 0) is 6.42 Å². The minimum atomic E-state index is -2.21. The van der Waals surface area contributed by atoms with Gasteiger partial charge in [0.25, 0.3) is 0 Å². The quantitative estimate of drug-likeness (QED) is 0.459. The molecule has 0 spiro atoms. The van der Waals surface area contributed by atoms with Gasteiger partial charge in [-0.15, -0.1) is 0 Å². The van der Waals surface area contributed by atoms with Gasteiger partial charge in [0.05, 0.1) is 26.0 Å². The van der Waals surface area contributed by atoms with Crippen LogP contribution < -0.4 is 14.8 Å². The second kappa shape index (κ2) is 10.4. The third kappa shape index (κ3) is 5.55. The molecule has 0 aliphatic rings. The molecule has 3 rings (SSSR count). The van der Waals surface area contributed by atoms with E-state index in [2.05, 4.69) is 5.32 Å². The van der Waals surface area contributed by atoms with Crippen LogP contribution in [0.15, 0.2) is 78.9 Å². The van der Waals surface area contributed by atoms with Gasteiger partial charge >= 0.3 is 0 Å². The Bertz CT molecular complexity index is 850. The molecule has 0 amide bonds. The van der Waals surface area contributed by atoms with Crippen molar-refractivity contribution in [2.24, 2.45) is 0 Å². The lowest BCUT2D eigenvalue weighted by Gasteiger charge is -2.27. The molecule has 6 heteroatoms. The fraction of sp³-hybridized carbons (Fsp3) is 0.217. The van der Waals surface area contributed by atoms with E-state index >= 15 is 0 Å². The highest BCUT2D eigenvalue weighted by Gasteiger charge is 2.24. The van der Waals surface area contributed by atoms with Gasteiger partial charge in [-0.3, -0.25) is 5.32 Å². The molecule has 5 nitrogen and oxygen atoms in total. The highest BCUT2D eigenvalue weighted by Crippen LogP contribution is 2.36. The predicted octanol–water partition coefficient (Wildman–Crippen LogP) is 4.25. The van der Waals surface area contributed by atoms with Gasteiger partial charge in [0.15, 0.2) is 19.9 Å². The smallest absolute Gasteiger partial charge is 0.183 e. The van der Waals surface area contributed by atoms with Crippen LogP contribution in [0.25, 0.3) is 0 Å². The van der Waals surface area contributed by atoms with Gasteiger partial charge in [-0.05, 0) is 35.2 Å². The maximum Gasteiger partial charge on any atom is 0.183 e. The summed E-state index contributed by atoms with van der Waals surface area (Å²) in [6, 6.07) is 25.5. The van der Waals surface area contributed by atoms with E-state index in [1.165, 1.54) is 0 Å². The lowest BCUT2D eigenvalue weighted by Crippen LogP contribution is -2.34. The van der Waals surface area contributed by atoms with Gasteiger partial charge in [0, 0.05) is 0 Å². The van der Waals surface area contributed by atoms with Gasteiger partial charge in [0.2, 0.25) is 0 Å². The zero-order valence-corrected chi connectivity index (χ0v) is 17.4. The summed E-state index contributed by atoms with van der Waals surface area (Å²) in [6.07, 6.45) is 0.440. The van der Waals surface area contributed by atoms with Crippen molar-refractivity contribution in [1.29, 1.82) is 0 Å². The number of ether oxygens (including phenoxy) is 2. The molecule has 0 heterocycles. The van der Waals surface area contributed by atoms with Gasteiger partial charge < -0.3 is 19.3 Å². The molecule has 29 heavy (non-hydrogen) atoms. The van der Waals surface area contributed by atoms with Crippen molar-refractivity contribution in [3.05, 3.63) is 95.6 Å². The highest BCUT2D eigenvalue weighted by atomic mass is 31.2. The number of nitrogens with one attached hydrogen (secondary N) is 1. The first kappa shape index (κ1) is 21.3. The summed E-state index contributed by atoms with van der Waals surface area (Å²) in [5.41, 5.74) is 3.05. The van der Waals surface area contributed by atoms with E-state index in [0.717, 1.165) is 16.7 Å². The van der Waals surface area contributed by atoms with E-state index in [1.807, 2.05) is 78.9 Å². The predicted molar refractivity (Wildman–Crippen MR) is 116 cm³/mol. The number of hydrogen-bond acceptors (Lipinski definition) is 5. The molecule has 0 bridgehead atoms. The normalized spacial score (nSPS) is 12.2. The first-order valence-corrected chi connectivity index (χ1v) is 10.7. The van der Waals surface area contributed by atoms with Crippen LogP contribution >= 0.6 is 8.38 Å². The van der Waals surface area contributed by atoms with Crippen molar-refractivity contribution >= 4 is 8.38 Å². The van der Waals surface area contributed by atoms with Crippen molar-refractivity contribution in [2.45, 2.75) is 18.2 Å². The zero-order chi connectivity index (χ0) is 20.6. The lowest BCUT2D eigenvalue weighted by molar-refractivity contribution is 0.354. The van der Waals surface area contributed by atoms with Crippen molar-refractivity contribution in [2.75, 3.05) is 14.2 Å². The van der Waals surface area contributed by atoms with Gasteiger partial charge in [-0.1, -0.05) is 66.7 Å². The Morgan fingerprint density at radius 3 is 1.83 bits per heavy atom. The molecular weight excluding hydrogens is 385 g/mol. The molecule has 3 aromatic carbocycles. The minimum Gasteiger partial charge on any atom is -0.493 e. The van der Waals surface area contributed by atoms with E-state index in [9.17, 15) is 9.79 Å². The molecular formula is C23H26NO4P. The summed E-state index contributed by atoms with van der Waals surface area (Å²) >= 11 is 0. The van der Waals surface area contributed by atoms with Gasteiger partial charge in [0.1, 0.15) is 0 Å². The first-order valence-electron chi connectivity index (χ1n) is 9.36.